The third-order valence-corrected chi connectivity index (χ3v) is 4.18. The summed E-state index contributed by atoms with van der Waals surface area (Å²) in [6.45, 7) is 7.42. The van der Waals surface area contributed by atoms with Crippen molar-refractivity contribution in [2.24, 2.45) is 0 Å². The van der Waals surface area contributed by atoms with Crippen molar-refractivity contribution in [1.29, 1.82) is 0 Å². The van der Waals surface area contributed by atoms with Gasteiger partial charge in [-0.15, -0.1) is 0 Å². The molecule has 1 aromatic rings. The average Bonchev–Trinajstić information content (AvgIpc) is 2.53. The molecular weight excluding hydrogens is 306 g/mol. The molecule has 0 aliphatic carbocycles. The highest BCUT2D eigenvalue weighted by Gasteiger charge is 2.44. The monoisotopic (exact) mass is 335 g/mol. The van der Waals surface area contributed by atoms with Crippen molar-refractivity contribution >= 4 is 12.1 Å². The minimum Gasteiger partial charge on any atom is -0.480 e. The summed E-state index contributed by atoms with van der Waals surface area (Å²) in [5, 5.41) is 9.74. The molecule has 0 aliphatic rings. The molecule has 1 N–H and O–H groups in total. The van der Waals surface area contributed by atoms with Gasteiger partial charge in [0, 0.05) is 6.04 Å². The van der Waals surface area contributed by atoms with E-state index in [1.807, 2.05) is 44.2 Å². The van der Waals surface area contributed by atoms with Crippen molar-refractivity contribution in [3.63, 3.8) is 0 Å². The summed E-state index contributed by atoms with van der Waals surface area (Å²) < 4.78 is 5.38. The Balaban J connectivity index is 2.88. The molecule has 0 saturated heterocycles. The molecule has 1 atom stereocenters. The molecule has 0 radical (unpaired) electrons. The van der Waals surface area contributed by atoms with Gasteiger partial charge in [-0.2, -0.15) is 0 Å². The van der Waals surface area contributed by atoms with Crippen LogP contribution in [-0.2, 0) is 16.1 Å². The van der Waals surface area contributed by atoms with Crippen LogP contribution in [0.15, 0.2) is 30.3 Å². The maximum absolute atomic E-state index is 12.6. The zero-order valence-corrected chi connectivity index (χ0v) is 15.1. The minimum atomic E-state index is -1.27. The summed E-state index contributed by atoms with van der Waals surface area (Å²) in [7, 11) is 0. The first-order chi connectivity index (χ1) is 11.3. The Hall–Kier alpha value is -2.04. The number of carboxylic acid groups (broad SMARTS) is 1. The molecule has 0 aliphatic heterocycles. The topological polar surface area (TPSA) is 66.8 Å². The van der Waals surface area contributed by atoms with E-state index in [0.717, 1.165) is 24.8 Å². The van der Waals surface area contributed by atoms with Crippen LogP contribution >= 0.6 is 0 Å². The fraction of sp³-hybridized carbons (Fsp3) is 0.579. The fourth-order valence-electron chi connectivity index (χ4n) is 2.82. The fourth-order valence-corrected chi connectivity index (χ4v) is 2.82. The smallest absolute Gasteiger partial charge is 0.411 e. The second kappa shape index (κ2) is 9.30. The van der Waals surface area contributed by atoms with E-state index in [9.17, 15) is 14.7 Å². The Morgan fingerprint density at radius 3 is 2.33 bits per heavy atom. The number of carboxylic acids is 1. The Kier molecular flexibility index (Phi) is 7.75. The van der Waals surface area contributed by atoms with Crippen LogP contribution in [-0.4, -0.2) is 33.6 Å². The van der Waals surface area contributed by atoms with Crippen LogP contribution in [0, 0.1) is 0 Å². The van der Waals surface area contributed by atoms with Crippen LogP contribution in [0.1, 0.15) is 58.9 Å². The number of ether oxygens (including phenoxy) is 1. The molecule has 0 spiro atoms. The number of carbonyl (C=O) groups is 2. The number of carbonyl (C=O) groups excluding carboxylic acids is 1. The Morgan fingerprint density at radius 2 is 1.83 bits per heavy atom. The summed E-state index contributed by atoms with van der Waals surface area (Å²) in [4.78, 5) is 25.8. The highest BCUT2D eigenvalue weighted by Crippen LogP contribution is 2.27. The van der Waals surface area contributed by atoms with Crippen LogP contribution in [0.25, 0.3) is 0 Å². The SMILES string of the molecule is CCCCCC(C)(C(=O)O)N(C(=O)OCc1ccccc1)C(C)C. The molecule has 1 aromatic carbocycles. The first kappa shape index (κ1) is 20.0. The largest absolute Gasteiger partial charge is 0.480 e. The maximum Gasteiger partial charge on any atom is 0.411 e. The summed E-state index contributed by atoms with van der Waals surface area (Å²) >= 11 is 0. The van der Waals surface area contributed by atoms with E-state index in [1.54, 1.807) is 6.92 Å². The van der Waals surface area contributed by atoms with Gasteiger partial charge in [-0.25, -0.2) is 9.59 Å². The number of aliphatic carboxylic acids is 1. The third-order valence-electron chi connectivity index (χ3n) is 4.18. The lowest BCUT2D eigenvalue weighted by molar-refractivity contribution is -0.151. The summed E-state index contributed by atoms with van der Waals surface area (Å²) in [5.41, 5.74) is -0.394. The predicted octanol–water partition coefficient (Wildman–Crippen LogP) is 4.46. The van der Waals surface area contributed by atoms with Crippen molar-refractivity contribution in [2.45, 2.75) is 71.6 Å². The minimum absolute atomic E-state index is 0.132. The lowest BCUT2D eigenvalue weighted by atomic mass is 9.91. The molecule has 0 saturated carbocycles. The molecule has 5 heteroatoms. The first-order valence-corrected chi connectivity index (χ1v) is 8.56. The van der Waals surface area contributed by atoms with Crippen molar-refractivity contribution in [1.82, 2.24) is 4.90 Å². The second-order valence-electron chi connectivity index (χ2n) is 6.54. The van der Waals surface area contributed by atoms with E-state index >= 15 is 0 Å². The molecular formula is C19H29NO4. The van der Waals surface area contributed by atoms with Gasteiger partial charge in [0.25, 0.3) is 0 Å². The predicted molar refractivity (Wildman–Crippen MR) is 93.8 cm³/mol. The van der Waals surface area contributed by atoms with Crippen molar-refractivity contribution in [3.05, 3.63) is 35.9 Å². The van der Waals surface area contributed by atoms with Gasteiger partial charge in [-0.1, -0.05) is 56.5 Å². The summed E-state index contributed by atoms with van der Waals surface area (Å²) in [6.07, 6.45) is 2.52. The third kappa shape index (κ3) is 5.25. The van der Waals surface area contributed by atoms with Gasteiger partial charge in [0.2, 0.25) is 0 Å². The van der Waals surface area contributed by atoms with Gasteiger partial charge in [0.05, 0.1) is 0 Å². The maximum atomic E-state index is 12.6. The van der Waals surface area contributed by atoms with E-state index in [0.29, 0.717) is 6.42 Å². The molecule has 0 fully saturated rings. The van der Waals surface area contributed by atoms with Crippen LogP contribution in [0.5, 0.6) is 0 Å². The standard InChI is InChI=1S/C19H29NO4/c1-5-6-10-13-19(4,17(21)22)20(15(2)3)18(23)24-14-16-11-8-7-9-12-16/h7-9,11-12,15H,5-6,10,13-14H2,1-4H3,(H,21,22). The highest BCUT2D eigenvalue weighted by molar-refractivity contribution is 5.84. The van der Waals surface area contributed by atoms with E-state index in [1.165, 1.54) is 4.90 Å². The summed E-state index contributed by atoms with van der Waals surface area (Å²) in [6, 6.07) is 9.09. The van der Waals surface area contributed by atoms with E-state index in [4.69, 9.17) is 4.74 Å². The lowest BCUT2D eigenvalue weighted by Crippen LogP contribution is -2.58. The van der Waals surface area contributed by atoms with E-state index in [2.05, 4.69) is 6.92 Å². The van der Waals surface area contributed by atoms with Gasteiger partial charge in [-0.3, -0.25) is 4.90 Å². The van der Waals surface area contributed by atoms with Crippen LogP contribution in [0.4, 0.5) is 4.79 Å². The number of hydrogen-bond donors (Lipinski definition) is 1. The Labute approximate surface area is 144 Å². The Morgan fingerprint density at radius 1 is 1.21 bits per heavy atom. The molecule has 0 heterocycles. The molecule has 0 aromatic heterocycles. The van der Waals surface area contributed by atoms with Crippen LogP contribution in [0.2, 0.25) is 0 Å². The molecule has 24 heavy (non-hydrogen) atoms. The Bertz CT molecular complexity index is 529. The number of benzene rings is 1. The quantitative estimate of drug-likeness (QED) is 0.677. The normalized spacial score (nSPS) is 13.4. The number of rotatable bonds is 9. The number of hydrogen-bond acceptors (Lipinski definition) is 3. The lowest BCUT2D eigenvalue weighted by Gasteiger charge is -2.40. The number of unbranched alkanes of at least 4 members (excludes halogenated alkanes) is 2. The first-order valence-electron chi connectivity index (χ1n) is 8.56. The second-order valence-corrected chi connectivity index (χ2v) is 6.54. The average molecular weight is 335 g/mol. The number of nitrogens with zero attached hydrogens (tertiary/aromatic N) is 1. The molecule has 5 nitrogen and oxygen atoms in total. The highest BCUT2D eigenvalue weighted by atomic mass is 16.6. The van der Waals surface area contributed by atoms with Crippen molar-refractivity contribution in [3.8, 4) is 0 Å². The molecule has 0 bridgehead atoms. The molecule has 1 rings (SSSR count). The zero-order valence-electron chi connectivity index (χ0n) is 15.1. The van der Waals surface area contributed by atoms with E-state index < -0.39 is 17.6 Å². The number of amides is 1. The van der Waals surface area contributed by atoms with Crippen molar-refractivity contribution in [2.75, 3.05) is 0 Å². The zero-order chi connectivity index (χ0) is 18.2. The van der Waals surface area contributed by atoms with Gasteiger partial charge < -0.3 is 9.84 Å². The van der Waals surface area contributed by atoms with Gasteiger partial charge in [-0.05, 0) is 32.8 Å². The molecule has 1 unspecified atom stereocenters. The van der Waals surface area contributed by atoms with Gasteiger partial charge in [0.1, 0.15) is 12.1 Å². The summed E-state index contributed by atoms with van der Waals surface area (Å²) in [5.74, 6) is -0.996. The van der Waals surface area contributed by atoms with Gasteiger partial charge in [0.15, 0.2) is 0 Å². The molecule has 1 amide bonds. The van der Waals surface area contributed by atoms with Crippen molar-refractivity contribution < 1.29 is 19.4 Å². The van der Waals surface area contributed by atoms with Crippen LogP contribution < -0.4 is 0 Å². The van der Waals surface area contributed by atoms with Crippen LogP contribution in [0.3, 0.4) is 0 Å². The van der Waals surface area contributed by atoms with E-state index in [-0.39, 0.29) is 12.6 Å². The van der Waals surface area contributed by atoms with Gasteiger partial charge >= 0.3 is 12.1 Å². The molecule has 134 valence electrons.